The van der Waals surface area contributed by atoms with E-state index in [0.717, 1.165) is 33.9 Å². The topological polar surface area (TPSA) is 60.7 Å². The summed E-state index contributed by atoms with van der Waals surface area (Å²) in [6.45, 7) is 3.83. The number of ketones is 1. The molecule has 5 nitrogen and oxygen atoms in total. The largest absolute Gasteiger partial charge is 0.318 e. The van der Waals surface area contributed by atoms with E-state index < -0.39 is 0 Å². The molecule has 0 bridgehead atoms. The third-order valence-electron chi connectivity index (χ3n) is 5.91. The highest BCUT2D eigenvalue weighted by molar-refractivity contribution is 7.99. The summed E-state index contributed by atoms with van der Waals surface area (Å²) in [7, 11) is 0. The molecule has 36 heavy (non-hydrogen) atoms. The number of halogens is 1. The van der Waals surface area contributed by atoms with Crippen molar-refractivity contribution in [2.75, 3.05) is 5.75 Å². The van der Waals surface area contributed by atoms with Crippen LogP contribution in [0.1, 0.15) is 21.7 Å². The first-order valence-electron chi connectivity index (χ1n) is 11.5. The van der Waals surface area contributed by atoms with E-state index in [-0.39, 0.29) is 17.4 Å². The van der Waals surface area contributed by atoms with E-state index >= 15 is 0 Å². The van der Waals surface area contributed by atoms with Gasteiger partial charge >= 0.3 is 0 Å². The molecular formula is C29H23FN4OS. The third-order valence-corrected chi connectivity index (χ3v) is 6.75. The van der Waals surface area contributed by atoms with Gasteiger partial charge in [0, 0.05) is 33.8 Å². The number of hydrogen-bond acceptors (Lipinski definition) is 5. The Morgan fingerprint density at radius 1 is 0.833 bits per heavy atom. The predicted molar refractivity (Wildman–Crippen MR) is 141 cm³/mol. The number of Topliss-reactive ketones (excluding diaryl/α,β-unsaturated/α-hetero) is 1. The maximum Gasteiger partial charge on any atom is 0.210 e. The molecule has 0 fully saturated rings. The zero-order valence-electron chi connectivity index (χ0n) is 19.9. The molecule has 0 aliphatic carbocycles. The van der Waals surface area contributed by atoms with E-state index in [4.69, 9.17) is 4.98 Å². The molecule has 0 amide bonds. The molecule has 7 heteroatoms. The van der Waals surface area contributed by atoms with Gasteiger partial charge in [-0.1, -0.05) is 72.4 Å². The van der Waals surface area contributed by atoms with Crippen molar-refractivity contribution < 1.29 is 9.18 Å². The quantitative estimate of drug-likeness (QED) is 0.185. The molecule has 2 heterocycles. The Bertz CT molecular complexity index is 1520. The zero-order valence-corrected chi connectivity index (χ0v) is 20.7. The smallest absolute Gasteiger partial charge is 0.210 e. The number of carbonyl (C=O) groups excluding carboxylic acids is 1. The van der Waals surface area contributed by atoms with E-state index in [0.29, 0.717) is 16.4 Å². The molecule has 0 N–H and O–H groups in total. The highest BCUT2D eigenvalue weighted by atomic mass is 32.2. The molecule has 5 rings (SSSR count). The van der Waals surface area contributed by atoms with Crippen LogP contribution in [0.4, 0.5) is 4.39 Å². The molecule has 0 atom stereocenters. The fourth-order valence-corrected chi connectivity index (χ4v) is 4.87. The van der Waals surface area contributed by atoms with Gasteiger partial charge in [0.05, 0.1) is 5.75 Å². The van der Waals surface area contributed by atoms with Crippen molar-refractivity contribution >= 4 is 17.5 Å². The van der Waals surface area contributed by atoms with Crippen LogP contribution in [0, 0.1) is 19.7 Å². The summed E-state index contributed by atoms with van der Waals surface area (Å²) in [5.74, 6) is -0.150. The van der Waals surface area contributed by atoms with Crippen LogP contribution in [0.2, 0.25) is 0 Å². The molecule has 3 aromatic carbocycles. The van der Waals surface area contributed by atoms with Crippen molar-refractivity contribution in [1.29, 1.82) is 0 Å². The van der Waals surface area contributed by atoms with Crippen molar-refractivity contribution in [2.45, 2.75) is 19.0 Å². The lowest BCUT2D eigenvalue weighted by Crippen LogP contribution is -2.07. The SMILES string of the molecule is Cc1cc(C(=O)CSc2nnc(-c3ccccc3)c(-c3ccccc3)n2)c(C)n1-c1ccc(F)cc1. The van der Waals surface area contributed by atoms with Crippen molar-refractivity contribution in [3.8, 4) is 28.2 Å². The minimum Gasteiger partial charge on any atom is -0.318 e. The number of carbonyl (C=O) groups is 1. The molecule has 0 unspecified atom stereocenters. The average Bonchev–Trinajstić information content (AvgIpc) is 3.22. The number of thioether (sulfide) groups is 1. The second-order valence-electron chi connectivity index (χ2n) is 8.33. The zero-order chi connectivity index (χ0) is 25.1. The third kappa shape index (κ3) is 4.83. The number of nitrogens with zero attached hydrogens (tertiary/aromatic N) is 4. The van der Waals surface area contributed by atoms with Crippen LogP contribution in [-0.2, 0) is 0 Å². The Morgan fingerprint density at radius 2 is 1.44 bits per heavy atom. The standard InChI is InChI=1S/C29H23FN4OS/c1-19-17-25(20(2)34(19)24-15-13-23(30)14-16-24)26(35)18-36-29-31-27(21-9-5-3-6-10-21)28(32-33-29)22-11-7-4-8-12-22/h3-17H,18H2,1-2H3. The van der Waals surface area contributed by atoms with Crippen LogP contribution in [0.3, 0.4) is 0 Å². The molecule has 2 aromatic heterocycles. The van der Waals surface area contributed by atoms with Crippen molar-refractivity contribution in [2.24, 2.45) is 0 Å². The predicted octanol–water partition coefficient (Wildman–Crippen LogP) is 6.73. The number of benzene rings is 3. The number of rotatable bonds is 7. The monoisotopic (exact) mass is 494 g/mol. The Kier molecular flexibility index (Phi) is 6.73. The summed E-state index contributed by atoms with van der Waals surface area (Å²) in [5.41, 5.74) is 6.44. The van der Waals surface area contributed by atoms with Gasteiger partial charge < -0.3 is 4.57 Å². The summed E-state index contributed by atoms with van der Waals surface area (Å²) in [6, 6.07) is 27.8. The fraction of sp³-hybridized carbons (Fsp3) is 0.103. The van der Waals surface area contributed by atoms with Crippen molar-refractivity contribution in [3.05, 3.63) is 114 Å². The van der Waals surface area contributed by atoms with E-state index in [1.807, 2.05) is 85.1 Å². The minimum atomic E-state index is -0.296. The Hall–Kier alpha value is -4.10. The van der Waals surface area contributed by atoms with Gasteiger partial charge in [-0.2, -0.15) is 0 Å². The van der Waals surface area contributed by atoms with E-state index in [2.05, 4.69) is 10.2 Å². The van der Waals surface area contributed by atoms with E-state index in [1.54, 1.807) is 12.1 Å². The fourth-order valence-electron chi connectivity index (χ4n) is 4.20. The summed E-state index contributed by atoms with van der Waals surface area (Å²) >= 11 is 1.26. The maximum absolute atomic E-state index is 13.4. The second-order valence-corrected chi connectivity index (χ2v) is 9.27. The number of aromatic nitrogens is 4. The number of hydrogen-bond donors (Lipinski definition) is 0. The second kappa shape index (κ2) is 10.3. The van der Waals surface area contributed by atoms with Gasteiger partial charge in [-0.3, -0.25) is 4.79 Å². The molecule has 0 radical (unpaired) electrons. The molecule has 0 aliphatic rings. The average molecular weight is 495 g/mol. The maximum atomic E-state index is 13.4. The van der Waals surface area contributed by atoms with Gasteiger partial charge in [-0.15, -0.1) is 10.2 Å². The lowest BCUT2D eigenvalue weighted by Gasteiger charge is -2.10. The Morgan fingerprint density at radius 3 is 2.08 bits per heavy atom. The van der Waals surface area contributed by atoms with Crippen LogP contribution in [0.5, 0.6) is 0 Å². The van der Waals surface area contributed by atoms with Crippen molar-refractivity contribution in [3.63, 3.8) is 0 Å². The van der Waals surface area contributed by atoms with Crippen LogP contribution < -0.4 is 0 Å². The molecule has 0 spiro atoms. The Labute approximate surface area is 213 Å². The van der Waals surface area contributed by atoms with Crippen LogP contribution >= 0.6 is 11.8 Å². The van der Waals surface area contributed by atoms with Crippen molar-refractivity contribution in [1.82, 2.24) is 19.7 Å². The van der Waals surface area contributed by atoms with Crippen LogP contribution in [0.15, 0.2) is 96.2 Å². The highest BCUT2D eigenvalue weighted by Crippen LogP contribution is 2.30. The van der Waals surface area contributed by atoms with Gasteiger partial charge in [0.25, 0.3) is 0 Å². The number of aryl methyl sites for hydroxylation is 1. The molecular weight excluding hydrogens is 471 g/mol. The Balaban J connectivity index is 1.41. The molecule has 5 aromatic rings. The summed E-state index contributed by atoms with van der Waals surface area (Å²) in [6.07, 6.45) is 0. The normalized spacial score (nSPS) is 11.0. The van der Waals surface area contributed by atoms with Gasteiger partial charge in [0.1, 0.15) is 17.2 Å². The van der Waals surface area contributed by atoms with Gasteiger partial charge in [0.15, 0.2) is 5.78 Å². The van der Waals surface area contributed by atoms with Gasteiger partial charge in [0.2, 0.25) is 5.16 Å². The van der Waals surface area contributed by atoms with E-state index in [1.165, 1.54) is 23.9 Å². The first-order valence-corrected chi connectivity index (χ1v) is 12.5. The summed E-state index contributed by atoms with van der Waals surface area (Å²) in [5, 5.41) is 9.24. The van der Waals surface area contributed by atoms with Gasteiger partial charge in [-0.05, 0) is 44.2 Å². The molecule has 178 valence electrons. The lowest BCUT2D eigenvalue weighted by atomic mass is 10.0. The van der Waals surface area contributed by atoms with E-state index in [9.17, 15) is 9.18 Å². The lowest BCUT2D eigenvalue weighted by molar-refractivity contribution is 0.102. The van der Waals surface area contributed by atoms with Crippen LogP contribution in [0.25, 0.3) is 28.2 Å². The van der Waals surface area contributed by atoms with Gasteiger partial charge in [-0.25, -0.2) is 9.37 Å². The molecule has 0 saturated carbocycles. The summed E-state index contributed by atoms with van der Waals surface area (Å²) in [4.78, 5) is 17.9. The summed E-state index contributed by atoms with van der Waals surface area (Å²) < 4.78 is 15.3. The highest BCUT2D eigenvalue weighted by Gasteiger charge is 2.19. The molecule has 0 aliphatic heterocycles. The first-order chi connectivity index (χ1) is 17.5. The first kappa shape index (κ1) is 23.6. The molecule has 0 saturated heterocycles. The minimum absolute atomic E-state index is 0.0292. The van der Waals surface area contributed by atoms with Crippen LogP contribution in [-0.4, -0.2) is 31.3 Å².